The van der Waals surface area contributed by atoms with Crippen molar-refractivity contribution in [2.45, 2.75) is 57.8 Å². The van der Waals surface area contributed by atoms with Gasteiger partial charge in [-0.2, -0.15) is 0 Å². The van der Waals surface area contributed by atoms with Gasteiger partial charge in [0.25, 0.3) is 0 Å². The lowest BCUT2D eigenvalue weighted by Crippen LogP contribution is -2.45. The minimum atomic E-state index is -0.129. The van der Waals surface area contributed by atoms with Crippen LogP contribution < -0.4 is 15.4 Å². The van der Waals surface area contributed by atoms with E-state index in [0.29, 0.717) is 19.3 Å². The monoisotopic (exact) mass is 491 g/mol. The van der Waals surface area contributed by atoms with Crippen LogP contribution in [0.5, 0.6) is 5.75 Å². The fraction of sp³-hybridized carbons (Fsp3) is 0.650. The van der Waals surface area contributed by atoms with Crippen molar-refractivity contribution in [3.63, 3.8) is 0 Å². The number of aliphatic hydroxyl groups is 1. The summed E-state index contributed by atoms with van der Waals surface area (Å²) in [6, 6.07) is 8.34. The maximum absolute atomic E-state index is 9.60. The average molecular weight is 491 g/mol. The third-order valence-electron chi connectivity index (χ3n) is 4.53. The van der Waals surface area contributed by atoms with Crippen LogP contribution in [0.3, 0.4) is 0 Å². The van der Waals surface area contributed by atoms with E-state index in [-0.39, 0.29) is 30.1 Å². The summed E-state index contributed by atoms with van der Waals surface area (Å²) in [5, 5.41) is 16.4. The fourth-order valence-corrected chi connectivity index (χ4v) is 3.00. The lowest BCUT2D eigenvalue weighted by molar-refractivity contribution is 0.119. The third-order valence-corrected chi connectivity index (χ3v) is 4.53. The van der Waals surface area contributed by atoms with Crippen molar-refractivity contribution in [3.05, 3.63) is 29.8 Å². The van der Waals surface area contributed by atoms with Crippen LogP contribution in [0.1, 0.15) is 44.6 Å². The summed E-state index contributed by atoms with van der Waals surface area (Å²) in [6.07, 6.45) is 4.49. The van der Waals surface area contributed by atoms with Crippen molar-refractivity contribution in [2.75, 3.05) is 26.8 Å². The van der Waals surface area contributed by atoms with Crippen LogP contribution in [-0.4, -0.2) is 50.0 Å². The van der Waals surface area contributed by atoms with Crippen molar-refractivity contribution in [2.24, 2.45) is 4.99 Å². The van der Waals surface area contributed by atoms with Crippen LogP contribution in [0.4, 0.5) is 0 Å². The summed E-state index contributed by atoms with van der Waals surface area (Å²) in [7, 11) is 1.67. The number of methoxy groups -OCH3 is 1. The van der Waals surface area contributed by atoms with E-state index in [1.807, 2.05) is 24.3 Å². The molecule has 7 heteroatoms. The summed E-state index contributed by atoms with van der Waals surface area (Å²) in [6.45, 7) is 4.93. The Labute approximate surface area is 180 Å². The Morgan fingerprint density at radius 1 is 1.19 bits per heavy atom. The number of guanidine groups is 1. The molecule has 1 saturated carbocycles. The molecule has 0 unspecified atom stereocenters. The van der Waals surface area contributed by atoms with Crippen molar-refractivity contribution in [3.8, 4) is 5.75 Å². The highest BCUT2D eigenvalue weighted by Gasteiger charge is 2.19. The van der Waals surface area contributed by atoms with Gasteiger partial charge in [0.2, 0.25) is 0 Å². The minimum absolute atomic E-state index is 0. The fourth-order valence-electron chi connectivity index (χ4n) is 3.00. The molecule has 0 heterocycles. The normalized spacial score (nSPS) is 19.9. The second-order valence-corrected chi connectivity index (χ2v) is 6.66. The average Bonchev–Trinajstić information content (AvgIpc) is 2.67. The molecule has 0 aromatic heterocycles. The Bertz CT molecular complexity index is 532. The Morgan fingerprint density at radius 2 is 1.89 bits per heavy atom. The van der Waals surface area contributed by atoms with E-state index in [4.69, 9.17) is 9.47 Å². The van der Waals surface area contributed by atoms with E-state index in [0.717, 1.165) is 62.5 Å². The highest BCUT2D eigenvalue weighted by molar-refractivity contribution is 14.0. The van der Waals surface area contributed by atoms with Gasteiger partial charge in [0.05, 0.1) is 19.8 Å². The van der Waals surface area contributed by atoms with Gasteiger partial charge < -0.3 is 25.2 Å². The molecule has 1 aliphatic rings. The van der Waals surface area contributed by atoms with Gasteiger partial charge in [0.15, 0.2) is 5.96 Å². The lowest BCUT2D eigenvalue weighted by Gasteiger charge is -2.27. The number of nitrogens with zero attached hydrogens (tertiary/aromatic N) is 1. The molecule has 1 aliphatic carbocycles. The topological polar surface area (TPSA) is 75.1 Å². The SMILES string of the molecule is CCNC(=NCCCOCc1ccc(OC)cc1)NC1CCC(O)CC1.I. The smallest absolute Gasteiger partial charge is 0.191 e. The van der Waals surface area contributed by atoms with Crippen molar-refractivity contribution in [1.82, 2.24) is 10.6 Å². The summed E-state index contributed by atoms with van der Waals surface area (Å²) in [5.41, 5.74) is 1.14. The number of ether oxygens (including phenoxy) is 2. The number of benzene rings is 1. The molecule has 0 bridgehead atoms. The Balaban J connectivity index is 0.00000364. The molecule has 2 rings (SSSR count). The molecule has 0 spiro atoms. The number of aliphatic imine (C=N–C) groups is 1. The number of hydrogen-bond acceptors (Lipinski definition) is 4. The highest BCUT2D eigenvalue weighted by atomic mass is 127. The first-order chi connectivity index (χ1) is 12.7. The molecule has 1 fully saturated rings. The number of rotatable bonds is 9. The van der Waals surface area contributed by atoms with E-state index in [1.54, 1.807) is 7.11 Å². The van der Waals surface area contributed by atoms with E-state index < -0.39 is 0 Å². The molecule has 3 N–H and O–H groups in total. The molecule has 0 saturated heterocycles. The van der Waals surface area contributed by atoms with Crippen LogP contribution in [0, 0.1) is 0 Å². The van der Waals surface area contributed by atoms with E-state index in [1.165, 1.54) is 0 Å². The molecule has 0 amide bonds. The zero-order chi connectivity index (χ0) is 18.6. The molecule has 154 valence electrons. The van der Waals surface area contributed by atoms with E-state index in [9.17, 15) is 5.11 Å². The number of halogens is 1. The number of nitrogens with one attached hydrogen (secondary N) is 2. The van der Waals surface area contributed by atoms with Gasteiger partial charge in [-0.3, -0.25) is 4.99 Å². The van der Waals surface area contributed by atoms with Gasteiger partial charge in [0, 0.05) is 25.7 Å². The quantitative estimate of drug-likeness (QED) is 0.214. The van der Waals surface area contributed by atoms with Crippen LogP contribution >= 0.6 is 24.0 Å². The molecule has 1 aromatic carbocycles. The van der Waals surface area contributed by atoms with Gasteiger partial charge in [-0.1, -0.05) is 12.1 Å². The molecule has 27 heavy (non-hydrogen) atoms. The van der Waals surface area contributed by atoms with Gasteiger partial charge in [-0.05, 0) is 56.7 Å². The largest absolute Gasteiger partial charge is 0.497 e. The van der Waals surface area contributed by atoms with Gasteiger partial charge in [-0.15, -0.1) is 24.0 Å². The van der Waals surface area contributed by atoms with E-state index in [2.05, 4.69) is 22.5 Å². The molecule has 6 nitrogen and oxygen atoms in total. The lowest BCUT2D eigenvalue weighted by atomic mass is 9.93. The van der Waals surface area contributed by atoms with Crippen LogP contribution in [0.15, 0.2) is 29.3 Å². The third kappa shape index (κ3) is 9.62. The van der Waals surface area contributed by atoms with Crippen molar-refractivity contribution < 1.29 is 14.6 Å². The molecule has 0 atom stereocenters. The first kappa shape index (κ1) is 24.0. The molecule has 0 radical (unpaired) electrons. The summed E-state index contributed by atoms with van der Waals surface area (Å²) < 4.78 is 10.9. The number of aliphatic hydroxyl groups excluding tert-OH is 1. The Kier molecular flexibility index (Phi) is 12.4. The van der Waals surface area contributed by atoms with Gasteiger partial charge >= 0.3 is 0 Å². The van der Waals surface area contributed by atoms with Crippen molar-refractivity contribution in [1.29, 1.82) is 0 Å². The van der Waals surface area contributed by atoms with Crippen LogP contribution in [0.2, 0.25) is 0 Å². The molecule has 1 aromatic rings. The Hall–Kier alpha value is -1.06. The maximum Gasteiger partial charge on any atom is 0.191 e. The van der Waals surface area contributed by atoms with Crippen molar-refractivity contribution >= 4 is 29.9 Å². The first-order valence-corrected chi connectivity index (χ1v) is 9.65. The maximum atomic E-state index is 9.60. The minimum Gasteiger partial charge on any atom is -0.497 e. The Morgan fingerprint density at radius 3 is 2.52 bits per heavy atom. The van der Waals surface area contributed by atoms with Gasteiger partial charge in [0.1, 0.15) is 5.75 Å². The second-order valence-electron chi connectivity index (χ2n) is 6.66. The first-order valence-electron chi connectivity index (χ1n) is 9.65. The molecular weight excluding hydrogens is 457 g/mol. The molecule has 0 aliphatic heterocycles. The predicted octanol–water partition coefficient (Wildman–Crippen LogP) is 3.08. The summed E-state index contributed by atoms with van der Waals surface area (Å²) in [4.78, 5) is 4.63. The zero-order valence-electron chi connectivity index (χ0n) is 16.4. The predicted molar refractivity (Wildman–Crippen MR) is 120 cm³/mol. The zero-order valence-corrected chi connectivity index (χ0v) is 18.8. The van der Waals surface area contributed by atoms with Crippen LogP contribution in [0.25, 0.3) is 0 Å². The van der Waals surface area contributed by atoms with E-state index >= 15 is 0 Å². The van der Waals surface area contributed by atoms with Crippen LogP contribution in [-0.2, 0) is 11.3 Å². The van der Waals surface area contributed by atoms with Gasteiger partial charge in [-0.25, -0.2) is 0 Å². The highest BCUT2D eigenvalue weighted by Crippen LogP contribution is 2.18. The standard InChI is InChI=1S/C20H33N3O3.HI/c1-3-21-20(23-17-7-9-18(24)10-8-17)22-13-4-14-26-15-16-5-11-19(25-2)12-6-16;/h5-6,11-12,17-18,24H,3-4,7-10,13-15H2,1-2H3,(H2,21,22,23);1H. The summed E-state index contributed by atoms with van der Waals surface area (Å²) >= 11 is 0. The number of hydrogen-bond donors (Lipinski definition) is 3. The molecular formula is C20H34IN3O3. The second kappa shape index (κ2) is 14.0. The summed E-state index contributed by atoms with van der Waals surface area (Å²) in [5.74, 6) is 1.73.